The number of carbonyl (C=O) groups excluding carboxylic acids is 1. The van der Waals surface area contributed by atoms with Crippen molar-refractivity contribution in [3.05, 3.63) is 29.6 Å². The van der Waals surface area contributed by atoms with Crippen molar-refractivity contribution in [3.8, 4) is 0 Å². The average Bonchev–Trinajstić information content (AvgIpc) is 2.46. The van der Waals surface area contributed by atoms with Crippen molar-refractivity contribution in [1.29, 1.82) is 0 Å². The van der Waals surface area contributed by atoms with Crippen molar-refractivity contribution in [2.45, 2.75) is 18.6 Å². The molecule has 1 saturated heterocycles. The highest BCUT2D eigenvalue weighted by atomic mass is 19.4. The van der Waals surface area contributed by atoms with Gasteiger partial charge in [-0.2, -0.15) is 13.2 Å². The molecule has 9 heteroatoms. The fraction of sp³-hybridized carbons (Fsp3) is 0.462. The number of carboxylic acids is 1. The zero-order valence-electron chi connectivity index (χ0n) is 11.3. The first kappa shape index (κ1) is 16.2. The average molecular weight is 318 g/mol. The van der Waals surface area contributed by atoms with E-state index in [4.69, 9.17) is 9.84 Å². The van der Waals surface area contributed by atoms with Crippen LogP contribution >= 0.6 is 0 Å². The van der Waals surface area contributed by atoms with Crippen LogP contribution in [0.1, 0.15) is 22.5 Å². The van der Waals surface area contributed by atoms with Crippen LogP contribution in [0.15, 0.2) is 18.3 Å². The van der Waals surface area contributed by atoms with Gasteiger partial charge in [-0.25, -0.2) is 0 Å². The maximum absolute atomic E-state index is 12.4. The number of halogens is 3. The molecule has 1 fully saturated rings. The van der Waals surface area contributed by atoms with Crippen LogP contribution < -0.4 is 0 Å². The van der Waals surface area contributed by atoms with E-state index in [2.05, 4.69) is 4.98 Å². The molecule has 1 N–H and O–H groups in total. The first-order valence-corrected chi connectivity index (χ1v) is 6.43. The fourth-order valence-corrected chi connectivity index (χ4v) is 2.15. The van der Waals surface area contributed by atoms with Crippen LogP contribution in [0.2, 0.25) is 0 Å². The molecular weight excluding hydrogens is 305 g/mol. The molecule has 1 atom stereocenters. The lowest BCUT2D eigenvalue weighted by atomic mass is 10.1. The highest BCUT2D eigenvalue weighted by Crippen LogP contribution is 2.27. The Balaban J connectivity index is 2.16. The summed E-state index contributed by atoms with van der Waals surface area (Å²) in [6.07, 6.45) is -4.02. The number of amides is 1. The smallest absolute Gasteiger partial charge is 0.433 e. The normalized spacial score (nSPS) is 19.0. The predicted molar refractivity (Wildman–Crippen MR) is 67.1 cm³/mol. The van der Waals surface area contributed by atoms with Crippen molar-refractivity contribution >= 4 is 11.9 Å². The Hall–Kier alpha value is -2.16. The van der Waals surface area contributed by atoms with E-state index >= 15 is 0 Å². The van der Waals surface area contributed by atoms with Gasteiger partial charge in [0.2, 0.25) is 0 Å². The van der Waals surface area contributed by atoms with Gasteiger partial charge in [0.15, 0.2) is 0 Å². The molecule has 0 radical (unpaired) electrons. The lowest BCUT2D eigenvalue weighted by Crippen LogP contribution is -2.49. The second kappa shape index (κ2) is 6.30. The molecule has 0 unspecified atom stereocenters. The Morgan fingerprint density at radius 3 is 2.68 bits per heavy atom. The number of pyridine rings is 1. The molecule has 0 aliphatic carbocycles. The van der Waals surface area contributed by atoms with Crippen LogP contribution in [0.5, 0.6) is 0 Å². The Labute approximate surface area is 123 Å². The summed E-state index contributed by atoms with van der Waals surface area (Å²) in [4.78, 5) is 27.6. The number of aromatic nitrogens is 1. The first-order valence-electron chi connectivity index (χ1n) is 6.43. The quantitative estimate of drug-likeness (QED) is 0.911. The summed E-state index contributed by atoms with van der Waals surface area (Å²) in [6.45, 7) is 0.500. The molecule has 120 valence electrons. The van der Waals surface area contributed by atoms with Crippen LogP contribution in [0.3, 0.4) is 0 Å². The molecule has 6 nitrogen and oxygen atoms in total. The van der Waals surface area contributed by atoms with E-state index in [0.717, 1.165) is 18.3 Å². The molecule has 1 amide bonds. The number of hydrogen-bond donors (Lipinski definition) is 1. The Bertz CT molecular complexity index is 559. The first-order chi connectivity index (χ1) is 10.3. The lowest BCUT2D eigenvalue weighted by molar-refractivity contribution is -0.141. The second-order valence-electron chi connectivity index (χ2n) is 4.76. The maximum Gasteiger partial charge on any atom is 0.433 e. The van der Waals surface area contributed by atoms with Gasteiger partial charge in [-0.3, -0.25) is 14.6 Å². The third kappa shape index (κ3) is 3.73. The number of hydrogen-bond acceptors (Lipinski definition) is 4. The number of carboxylic acid groups (broad SMARTS) is 1. The Morgan fingerprint density at radius 2 is 2.14 bits per heavy atom. The second-order valence-corrected chi connectivity index (χ2v) is 4.76. The summed E-state index contributed by atoms with van der Waals surface area (Å²) in [5.74, 6) is -1.64. The molecule has 0 saturated carbocycles. The molecule has 1 aliphatic rings. The zero-order valence-corrected chi connectivity index (χ0v) is 11.3. The van der Waals surface area contributed by atoms with E-state index in [-0.39, 0.29) is 31.7 Å². The molecule has 2 rings (SSSR count). The van der Waals surface area contributed by atoms with Crippen LogP contribution in [-0.4, -0.2) is 52.7 Å². The summed E-state index contributed by atoms with van der Waals surface area (Å²) >= 11 is 0. The van der Waals surface area contributed by atoms with Crippen LogP contribution in [0.4, 0.5) is 13.2 Å². The highest BCUT2D eigenvalue weighted by molar-refractivity contribution is 5.94. The van der Waals surface area contributed by atoms with Gasteiger partial charge in [0.1, 0.15) is 5.69 Å². The Kier molecular flexibility index (Phi) is 4.65. The van der Waals surface area contributed by atoms with Crippen LogP contribution in [-0.2, 0) is 15.7 Å². The van der Waals surface area contributed by atoms with E-state index in [9.17, 15) is 22.8 Å². The molecule has 0 bridgehead atoms. The largest absolute Gasteiger partial charge is 0.481 e. The van der Waals surface area contributed by atoms with Gasteiger partial charge in [-0.15, -0.1) is 0 Å². The van der Waals surface area contributed by atoms with Gasteiger partial charge in [0, 0.05) is 12.7 Å². The molecule has 1 aromatic rings. The van der Waals surface area contributed by atoms with Gasteiger partial charge in [-0.05, 0) is 12.1 Å². The van der Waals surface area contributed by atoms with E-state index in [0.29, 0.717) is 0 Å². The summed E-state index contributed by atoms with van der Waals surface area (Å²) < 4.78 is 42.5. The summed E-state index contributed by atoms with van der Waals surface area (Å²) in [7, 11) is 0. The van der Waals surface area contributed by atoms with Gasteiger partial charge in [0.25, 0.3) is 5.91 Å². The van der Waals surface area contributed by atoms with Gasteiger partial charge < -0.3 is 14.7 Å². The zero-order chi connectivity index (χ0) is 16.3. The number of nitrogens with zero attached hydrogens (tertiary/aromatic N) is 2. The summed E-state index contributed by atoms with van der Waals surface area (Å²) in [5, 5.41) is 8.83. The van der Waals surface area contributed by atoms with E-state index in [1.807, 2.05) is 0 Å². The topological polar surface area (TPSA) is 79.7 Å². The molecule has 0 spiro atoms. The fourth-order valence-electron chi connectivity index (χ4n) is 2.15. The lowest BCUT2D eigenvalue weighted by Gasteiger charge is -2.34. The minimum atomic E-state index is -4.58. The SMILES string of the molecule is O=C(O)C[C@H]1COCCN1C(=O)c1ccc(C(F)(F)F)nc1. The number of alkyl halides is 3. The summed E-state index contributed by atoms with van der Waals surface area (Å²) in [6, 6.07) is 1.10. The number of rotatable bonds is 3. The monoisotopic (exact) mass is 318 g/mol. The van der Waals surface area contributed by atoms with Gasteiger partial charge >= 0.3 is 12.1 Å². The number of ether oxygens (including phenoxy) is 1. The molecule has 22 heavy (non-hydrogen) atoms. The van der Waals surface area contributed by atoms with Crippen LogP contribution in [0, 0.1) is 0 Å². The summed E-state index contributed by atoms with van der Waals surface area (Å²) in [5.41, 5.74) is -1.11. The number of aliphatic carboxylic acids is 1. The predicted octanol–water partition coefficient (Wildman–Crippen LogP) is 1.42. The van der Waals surface area contributed by atoms with Crippen molar-refractivity contribution < 1.29 is 32.6 Å². The molecule has 0 aromatic carbocycles. The highest BCUT2D eigenvalue weighted by Gasteiger charge is 2.33. The van der Waals surface area contributed by atoms with E-state index < -0.39 is 29.8 Å². The van der Waals surface area contributed by atoms with Crippen molar-refractivity contribution in [3.63, 3.8) is 0 Å². The van der Waals surface area contributed by atoms with Crippen molar-refractivity contribution in [2.24, 2.45) is 0 Å². The number of carbonyl (C=O) groups is 2. The molecule has 2 heterocycles. The van der Waals surface area contributed by atoms with Gasteiger partial charge in [0.05, 0.1) is 31.2 Å². The van der Waals surface area contributed by atoms with Crippen molar-refractivity contribution in [1.82, 2.24) is 9.88 Å². The Morgan fingerprint density at radius 1 is 1.41 bits per heavy atom. The minimum absolute atomic E-state index is 0.0229. The van der Waals surface area contributed by atoms with Crippen LogP contribution in [0.25, 0.3) is 0 Å². The maximum atomic E-state index is 12.4. The molecule has 1 aromatic heterocycles. The standard InChI is InChI=1S/C13H13F3N2O4/c14-13(15,16)10-2-1-8(6-17-10)12(21)18-3-4-22-7-9(18)5-11(19)20/h1-2,6,9H,3-5,7H2,(H,19,20)/t9-/m0/s1. The van der Waals surface area contributed by atoms with Crippen molar-refractivity contribution in [2.75, 3.05) is 19.8 Å². The molecule has 1 aliphatic heterocycles. The van der Waals surface area contributed by atoms with E-state index in [1.165, 1.54) is 4.90 Å². The third-order valence-electron chi connectivity index (χ3n) is 3.20. The van der Waals surface area contributed by atoms with Gasteiger partial charge in [-0.1, -0.05) is 0 Å². The minimum Gasteiger partial charge on any atom is -0.481 e. The third-order valence-corrected chi connectivity index (χ3v) is 3.20. The number of morpholine rings is 1. The van der Waals surface area contributed by atoms with E-state index in [1.54, 1.807) is 0 Å². The molecular formula is C13H13F3N2O4.